The van der Waals surface area contributed by atoms with E-state index in [-0.39, 0.29) is 18.5 Å². The summed E-state index contributed by atoms with van der Waals surface area (Å²) >= 11 is 0. The Balaban J connectivity index is 3.46. The van der Waals surface area contributed by atoms with Crippen LogP contribution in [0.15, 0.2) is 12.2 Å². The average Bonchev–Trinajstić information content (AvgIpc) is 3.33. The van der Waals surface area contributed by atoms with E-state index in [9.17, 15) is 19.8 Å². The molecule has 0 aliphatic rings. The fourth-order valence-electron chi connectivity index (χ4n) is 9.64. The molecular weight excluding hydrogens is 827 g/mol. The lowest BCUT2D eigenvalue weighted by Crippen LogP contribution is -2.45. The first kappa shape index (κ1) is 65.6. The molecule has 0 heterocycles. The Morgan fingerprint density at radius 1 is 0.403 bits per heavy atom. The molecule has 0 aliphatic heterocycles. The molecule has 6 heteroatoms. The summed E-state index contributed by atoms with van der Waals surface area (Å²) in [5.74, 6) is -0.0770. The summed E-state index contributed by atoms with van der Waals surface area (Å²) < 4.78 is 5.46. The second kappa shape index (κ2) is 57.2. The van der Waals surface area contributed by atoms with Crippen LogP contribution in [0.4, 0.5) is 0 Å². The predicted octanol–water partition coefficient (Wildman–Crippen LogP) is 18.9. The van der Waals surface area contributed by atoms with Crippen LogP contribution in [0.2, 0.25) is 0 Å². The van der Waals surface area contributed by atoms with Crippen LogP contribution >= 0.6 is 0 Å². The zero-order valence-corrected chi connectivity index (χ0v) is 45.4. The number of allylic oxidation sites excluding steroid dienone is 1. The molecule has 0 bridgehead atoms. The number of amides is 1. The Bertz CT molecular complexity index is 1000. The van der Waals surface area contributed by atoms with E-state index in [2.05, 4.69) is 19.2 Å². The van der Waals surface area contributed by atoms with Gasteiger partial charge in [0.15, 0.2) is 0 Å². The van der Waals surface area contributed by atoms with Gasteiger partial charge in [-0.25, -0.2) is 0 Å². The number of hydrogen-bond donors (Lipinski definition) is 3. The number of esters is 1. The zero-order chi connectivity index (χ0) is 48.6. The fourth-order valence-corrected chi connectivity index (χ4v) is 9.64. The van der Waals surface area contributed by atoms with Gasteiger partial charge in [-0.05, 0) is 32.1 Å². The average molecular weight is 947 g/mol. The molecule has 67 heavy (non-hydrogen) atoms. The highest BCUT2D eigenvalue weighted by Crippen LogP contribution is 2.18. The highest BCUT2D eigenvalue weighted by Gasteiger charge is 2.18. The van der Waals surface area contributed by atoms with Crippen molar-refractivity contribution in [3.05, 3.63) is 12.2 Å². The minimum atomic E-state index is -0.852. The van der Waals surface area contributed by atoms with Crippen molar-refractivity contribution in [2.45, 2.75) is 353 Å². The van der Waals surface area contributed by atoms with Gasteiger partial charge in [0.25, 0.3) is 0 Å². The molecule has 0 saturated heterocycles. The Morgan fingerprint density at radius 2 is 0.687 bits per heavy atom. The van der Waals surface area contributed by atoms with E-state index in [4.69, 9.17) is 4.74 Å². The topological polar surface area (TPSA) is 95.9 Å². The minimum Gasteiger partial charge on any atom is -0.466 e. The Labute approximate surface area is 419 Å². The van der Waals surface area contributed by atoms with Crippen LogP contribution in [0.25, 0.3) is 0 Å². The van der Waals surface area contributed by atoms with Crippen LogP contribution in [0, 0.1) is 0 Å². The van der Waals surface area contributed by atoms with Crippen molar-refractivity contribution in [1.29, 1.82) is 0 Å². The third-order valence-corrected chi connectivity index (χ3v) is 14.3. The maximum absolute atomic E-state index is 12.5. The maximum atomic E-state index is 12.5. The molecule has 0 fully saturated rings. The second-order valence-corrected chi connectivity index (χ2v) is 21.0. The summed E-state index contributed by atoms with van der Waals surface area (Å²) in [5.41, 5.74) is 0. The van der Waals surface area contributed by atoms with Crippen molar-refractivity contribution < 1.29 is 24.5 Å². The summed E-state index contributed by atoms with van der Waals surface area (Å²) in [7, 11) is 0. The van der Waals surface area contributed by atoms with E-state index in [1.54, 1.807) is 6.08 Å². The molecule has 0 aromatic carbocycles. The minimum absolute atomic E-state index is 0.00273. The highest BCUT2D eigenvalue weighted by molar-refractivity contribution is 5.76. The lowest BCUT2D eigenvalue weighted by atomic mass is 10.0. The molecule has 2 atom stereocenters. The van der Waals surface area contributed by atoms with Crippen LogP contribution in [0.3, 0.4) is 0 Å². The molecule has 0 aromatic heterocycles. The van der Waals surface area contributed by atoms with Gasteiger partial charge in [0.1, 0.15) is 0 Å². The van der Waals surface area contributed by atoms with Gasteiger partial charge in [-0.2, -0.15) is 0 Å². The molecule has 2 unspecified atom stereocenters. The molecule has 0 saturated carbocycles. The summed E-state index contributed by atoms with van der Waals surface area (Å²) in [6.07, 6.45) is 68.1. The van der Waals surface area contributed by atoms with Gasteiger partial charge in [-0.1, -0.05) is 309 Å². The first-order chi connectivity index (χ1) is 33.0. The van der Waals surface area contributed by atoms with Gasteiger partial charge in [0.2, 0.25) is 5.91 Å². The number of rotatable bonds is 57. The summed E-state index contributed by atoms with van der Waals surface area (Å²) in [6.45, 7) is 4.90. The number of nitrogens with one attached hydrogen (secondary N) is 1. The van der Waals surface area contributed by atoms with Crippen LogP contribution in [-0.4, -0.2) is 47.4 Å². The van der Waals surface area contributed by atoms with Crippen LogP contribution in [0.5, 0.6) is 0 Å². The Kier molecular flexibility index (Phi) is 56.0. The van der Waals surface area contributed by atoms with E-state index in [0.717, 1.165) is 57.8 Å². The molecule has 0 aliphatic carbocycles. The fraction of sp³-hybridized carbons (Fsp3) is 0.934. The number of ether oxygens (including phenoxy) is 1. The normalized spacial score (nSPS) is 12.6. The highest BCUT2D eigenvalue weighted by atomic mass is 16.5. The molecule has 0 rings (SSSR count). The van der Waals surface area contributed by atoms with Gasteiger partial charge in [0, 0.05) is 12.8 Å². The lowest BCUT2D eigenvalue weighted by molar-refractivity contribution is -0.143. The van der Waals surface area contributed by atoms with Crippen molar-refractivity contribution in [3.63, 3.8) is 0 Å². The number of carbonyl (C=O) groups excluding carboxylic acids is 2. The molecular formula is C61H119NO5. The molecule has 6 nitrogen and oxygen atoms in total. The Hall–Kier alpha value is -1.40. The van der Waals surface area contributed by atoms with Gasteiger partial charge in [0.05, 0.1) is 25.4 Å². The first-order valence-corrected chi connectivity index (χ1v) is 30.5. The lowest BCUT2D eigenvalue weighted by Gasteiger charge is -2.20. The van der Waals surface area contributed by atoms with E-state index in [0.29, 0.717) is 19.4 Å². The van der Waals surface area contributed by atoms with Gasteiger partial charge >= 0.3 is 5.97 Å². The van der Waals surface area contributed by atoms with E-state index < -0.39 is 12.1 Å². The SMILES string of the molecule is CCCCCCCCCCCCCCCCCCCCCCCCC/C=C/C(O)C(CO)NC(=O)CCCCCCCCCCCCCCCCOC(=O)CCCCCCCCCCCCC. The van der Waals surface area contributed by atoms with Gasteiger partial charge in [-0.15, -0.1) is 0 Å². The smallest absolute Gasteiger partial charge is 0.305 e. The molecule has 0 radical (unpaired) electrons. The van der Waals surface area contributed by atoms with Gasteiger partial charge < -0.3 is 20.3 Å². The monoisotopic (exact) mass is 946 g/mol. The number of hydrogen-bond acceptors (Lipinski definition) is 5. The van der Waals surface area contributed by atoms with Crippen molar-refractivity contribution in [1.82, 2.24) is 5.32 Å². The largest absolute Gasteiger partial charge is 0.466 e. The van der Waals surface area contributed by atoms with E-state index >= 15 is 0 Å². The van der Waals surface area contributed by atoms with Crippen molar-refractivity contribution in [2.24, 2.45) is 0 Å². The van der Waals surface area contributed by atoms with Crippen LogP contribution in [-0.2, 0) is 14.3 Å². The quantitative estimate of drug-likeness (QED) is 0.0321. The van der Waals surface area contributed by atoms with E-state index in [1.165, 1.54) is 257 Å². The van der Waals surface area contributed by atoms with Crippen LogP contribution in [0.1, 0.15) is 341 Å². The third kappa shape index (κ3) is 53.8. The standard InChI is InChI=1S/C61H119NO5/c1-3-5-7-9-11-13-15-16-17-18-19-20-21-22-23-24-25-26-27-30-34-37-41-45-49-53-59(64)58(57-63)62-60(65)54-50-46-42-38-35-31-28-29-32-36-40-44-48-52-56-67-61(66)55-51-47-43-39-33-14-12-10-8-6-4-2/h49,53,58-59,63-64H,3-48,50-52,54-57H2,1-2H3,(H,62,65)/b53-49+. The third-order valence-electron chi connectivity index (χ3n) is 14.3. The van der Waals surface area contributed by atoms with Gasteiger partial charge in [-0.3, -0.25) is 9.59 Å². The van der Waals surface area contributed by atoms with Crippen molar-refractivity contribution >= 4 is 11.9 Å². The summed E-state index contributed by atoms with van der Waals surface area (Å²) in [6, 6.07) is -0.636. The van der Waals surface area contributed by atoms with Crippen molar-refractivity contribution in [2.75, 3.05) is 13.2 Å². The maximum Gasteiger partial charge on any atom is 0.305 e. The summed E-state index contributed by atoms with van der Waals surface area (Å²) in [5, 5.41) is 23.2. The molecule has 3 N–H and O–H groups in total. The predicted molar refractivity (Wildman–Crippen MR) is 292 cm³/mol. The zero-order valence-electron chi connectivity index (χ0n) is 45.4. The molecule has 398 valence electrons. The molecule has 0 aromatic rings. The number of aliphatic hydroxyl groups is 2. The molecule has 0 spiro atoms. The molecule has 1 amide bonds. The summed E-state index contributed by atoms with van der Waals surface area (Å²) in [4.78, 5) is 24.5. The van der Waals surface area contributed by atoms with E-state index in [1.807, 2.05) is 6.08 Å². The number of aliphatic hydroxyl groups excluding tert-OH is 2. The Morgan fingerprint density at radius 3 is 1.01 bits per heavy atom. The second-order valence-electron chi connectivity index (χ2n) is 21.0. The number of unbranched alkanes of at least 4 members (excludes halogenated alkanes) is 46. The number of carbonyl (C=O) groups is 2. The van der Waals surface area contributed by atoms with Crippen molar-refractivity contribution in [3.8, 4) is 0 Å². The van der Waals surface area contributed by atoms with Crippen LogP contribution < -0.4 is 5.32 Å². The first-order valence-electron chi connectivity index (χ1n) is 30.5.